The first-order chi connectivity index (χ1) is 16.9. The highest BCUT2D eigenvalue weighted by atomic mass is 32.2. The molecule has 9 nitrogen and oxygen atoms in total. The van der Waals surface area contributed by atoms with E-state index in [1.807, 2.05) is 17.8 Å². The van der Waals surface area contributed by atoms with Gasteiger partial charge in [-0.3, -0.25) is 0 Å². The maximum absolute atomic E-state index is 5.25. The van der Waals surface area contributed by atoms with Gasteiger partial charge in [0.1, 0.15) is 5.69 Å². The molecule has 0 radical (unpaired) electrons. The topological polar surface area (TPSA) is 85.3 Å². The number of hydrogen-bond acceptors (Lipinski definition) is 10. The van der Waals surface area contributed by atoms with Crippen molar-refractivity contribution in [2.45, 2.75) is 0 Å². The summed E-state index contributed by atoms with van der Waals surface area (Å²) in [4.78, 5) is 27.5. The number of fused-ring (bicyclic) bond motifs is 1. The minimum absolute atomic E-state index is 0.699. The van der Waals surface area contributed by atoms with Gasteiger partial charge in [0.25, 0.3) is 0 Å². The van der Waals surface area contributed by atoms with Crippen molar-refractivity contribution >= 4 is 40.5 Å². The van der Waals surface area contributed by atoms with Gasteiger partial charge in [0.2, 0.25) is 5.95 Å². The fourth-order valence-corrected chi connectivity index (χ4v) is 5.71. The molecule has 0 unspecified atom stereocenters. The van der Waals surface area contributed by atoms with E-state index in [4.69, 9.17) is 19.9 Å². The summed E-state index contributed by atoms with van der Waals surface area (Å²) in [5.74, 6) is 4.83. The molecule has 0 bridgehead atoms. The number of anilines is 3. The standard InChI is InChI=1S/C24H31N9S/c1-2-4-18(5-3-1)19-22(31-10-6-25-7-11-31)28-21-20(27-19)23(32-14-16-34-17-15-32)30-24(29-21)33-12-8-26-9-13-33/h1-5,25-26H,6-17H2. The van der Waals surface area contributed by atoms with Gasteiger partial charge in [-0.15, -0.1) is 0 Å². The maximum atomic E-state index is 5.25. The number of nitrogens with one attached hydrogen (secondary N) is 2. The predicted molar refractivity (Wildman–Crippen MR) is 140 cm³/mol. The van der Waals surface area contributed by atoms with Crippen LogP contribution in [0.2, 0.25) is 0 Å². The Kier molecular flexibility index (Phi) is 6.35. The summed E-state index contributed by atoms with van der Waals surface area (Å²) >= 11 is 2.00. The Morgan fingerprint density at radius 3 is 2.00 bits per heavy atom. The van der Waals surface area contributed by atoms with Crippen molar-refractivity contribution in [3.8, 4) is 11.3 Å². The summed E-state index contributed by atoms with van der Waals surface area (Å²) in [6.45, 7) is 9.35. The van der Waals surface area contributed by atoms with Crippen LogP contribution < -0.4 is 25.3 Å². The van der Waals surface area contributed by atoms with Crippen molar-refractivity contribution < 1.29 is 0 Å². The van der Waals surface area contributed by atoms with Crippen LogP contribution in [-0.4, -0.2) is 96.9 Å². The zero-order valence-electron chi connectivity index (χ0n) is 19.4. The van der Waals surface area contributed by atoms with E-state index in [0.29, 0.717) is 5.65 Å². The lowest BCUT2D eigenvalue weighted by Gasteiger charge is -2.32. The number of aromatic nitrogens is 4. The highest BCUT2D eigenvalue weighted by Gasteiger charge is 2.26. The highest BCUT2D eigenvalue weighted by Crippen LogP contribution is 2.34. The summed E-state index contributed by atoms with van der Waals surface area (Å²) in [6.07, 6.45) is 0. The van der Waals surface area contributed by atoms with Crippen LogP contribution in [0.15, 0.2) is 30.3 Å². The fourth-order valence-electron chi connectivity index (χ4n) is 4.80. The third-order valence-electron chi connectivity index (χ3n) is 6.66. The number of rotatable bonds is 4. The van der Waals surface area contributed by atoms with Crippen molar-refractivity contribution in [3.05, 3.63) is 30.3 Å². The average Bonchev–Trinajstić information content (AvgIpc) is 2.93. The van der Waals surface area contributed by atoms with Crippen LogP contribution in [0.5, 0.6) is 0 Å². The van der Waals surface area contributed by atoms with E-state index in [1.165, 1.54) is 0 Å². The second-order valence-corrected chi connectivity index (χ2v) is 10.1. The van der Waals surface area contributed by atoms with E-state index < -0.39 is 0 Å². The third kappa shape index (κ3) is 4.37. The number of thioether (sulfide) groups is 1. The summed E-state index contributed by atoms with van der Waals surface area (Å²) in [5, 5.41) is 6.87. The van der Waals surface area contributed by atoms with Crippen molar-refractivity contribution in [3.63, 3.8) is 0 Å². The molecule has 0 aliphatic carbocycles. The summed E-state index contributed by atoms with van der Waals surface area (Å²) in [6, 6.07) is 10.4. The minimum atomic E-state index is 0.699. The van der Waals surface area contributed by atoms with Crippen molar-refractivity contribution in [2.75, 3.05) is 91.7 Å². The Bertz CT molecular complexity index is 1120. The van der Waals surface area contributed by atoms with Crippen LogP contribution in [0, 0.1) is 0 Å². The highest BCUT2D eigenvalue weighted by molar-refractivity contribution is 7.99. The Morgan fingerprint density at radius 1 is 0.647 bits per heavy atom. The van der Waals surface area contributed by atoms with Crippen LogP contribution in [-0.2, 0) is 0 Å². The lowest BCUT2D eigenvalue weighted by Crippen LogP contribution is -2.45. The molecule has 2 aromatic heterocycles. The van der Waals surface area contributed by atoms with E-state index in [-0.39, 0.29) is 0 Å². The first-order valence-corrected chi connectivity index (χ1v) is 13.4. The van der Waals surface area contributed by atoms with Gasteiger partial charge in [-0.2, -0.15) is 21.7 Å². The molecular weight excluding hydrogens is 446 g/mol. The van der Waals surface area contributed by atoms with Gasteiger partial charge in [0.15, 0.2) is 22.8 Å². The monoisotopic (exact) mass is 477 g/mol. The molecule has 6 rings (SSSR count). The number of nitrogens with zero attached hydrogens (tertiary/aromatic N) is 7. The normalized spacial score (nSPS) is 19.6. The number of piperazine rings is 2. The van der Waals surface area contributed by atoms with Crippen molar-refractivity contribution in [1.29, 1.82) is 0 Å². The number of hydrogen-bond donors (Lipinski definition) is 2. The van der Waals surface area contributed by atoms with E-state index >= 15 is 0 Å². The zero-order chi connectivity index (χ0) is 22.7. The Labute approximate surface area is 204 Å². The number of benzene rings is 1. The summed E-state index contributed by atoms with van der Waals surface area (Å²) in [5.41, 5.74) is 3.51. The molecule has 0 spiro atoms. The summed E-state index contributed by atoms with van der Waals surface area (Å²) < 4.78 is 0. The smallest absolute Gasteiger partial charge is 0.229 e. The molecule has 3 saturated heterocycles. The molecule has 3 aromatic rings. The van der Waals surface area contributed by atoms with Gasteiger partial charge in [0, 0.05) is 82.5 Å². The van der Waals surface area contributed by atoms with Gasteiger partial charge >= 0.3 is 0 Å². The van der Waals surface area contributed by atoms with Crippen molar-refractivity contribution in [1.82, 2.24) is 30.6 Å². The zero-order valence-corrected chi connectivity index (χ0v) is 20.2. The van der Waals surface area contributed by atoms with Crippen LogP contribution in [0.4, 0.5) is 17.6 Å². The van der Waals surface area contributed by atoms with E-state index in [0.717, 1.165) is 111 Å². The first kappa shape index (κ1) is 21.8. The molecule has 10 heteroatoms. The summed E-state index contributed by atoms with van der Waals surface area (Å²) in [7, 11) is 0. The molecule has 3 aliphatic rings. The molecule has 0 atom stereocenters. The minimum Gasteiger partial charge on any atom is -0.353 e. The van der Waals surface area contributed by atoms with Crippen molar-refractivity contribution in [2.24, 2.45) is 0 Å². The molecule has 5 heterocycles. The van der Waals surface area contributed by atoms with E-state index in [2.05, 4.69) is 49.6 Å². The maximum Gasteiger partial charge on any atom is 0.229 e. The van der Waals surface area contributed by atoms with E-state index in [9.17, 15) is 0 Å². The fraction of sp³-hybridized carbons (Fsp3) is 0.500. The molecule has 1 aromatic carbocycles. The molecule has 34 heavy (non-hydrogen) atoms. The predicted octanol–water partition coefficient (Wildman–Crippen LogP) is 1.46. The Morgan fingerprint density at radius 2 is 1.29 bits per heavy atom. The van der Waals surface area contributed by atoms with Gasteiger partial charge < -0.3 is 25.3 Å². The SMILES string of the molecule is c1ccc(-c2nc3c(N4CCSCC4)nc(N4CCNCC4)nc3nc2N2CCNCC2)cc1. The molecular formula is C24H31N9S. The van der Waals surface area contributed by atoms with Gasteiger partial charge in [-0.1, -0.05) is 30.3 Å². The second kappa shape index (κ2) is 9.89. The first-order valence-electron chi connectivity index (χ1n) is 12.3. The molecule has 3 aliphatic heterocycles. The molecule has 0 amide bonds. The van der Waals surface area contributed by atoms with Crippen LogP contribution in [0.25, 0.3) is 22.4 Å². The van der Waals surface area contributed by atoms with Crippen LogP contribution >= 0.6 is 11.8 Å². The third-order valence-corrected chi connectivity index (χ3v) is 7.60. The quantitative estimate of drug-likeness (QED) is 0.576. The second-order valence-electron chi connectivity index (χ2n) is 8.85. The van der Waals surface area contributed by atoms with Gasteiger partial charge in [-0.25, -0.2) is 9.97 Å². The van der Waals surface area contributed by atoms with Crippen LogP contribution in [0.1, 0.15) is 0 Å². The Hall–Kier alpha value is -2.69. The van der Waals surface area contributed by atoms with E-state index in [1.54, 1.807) is 0 Å². The molecule has 178 valence electrons. The molecule has 2 N–H and O–H groups in total. The largest absolute Gasteiger partial charge is 0.353 e. The molecule has 3 fully saturated rings. The van der Waals surface area contributed by atoms with Crippen LogP contribution in [0.3, 0.4) is 0 Å². The lowest BCUT2D eigenvalue weighted by atomic mass is 10.1. The Balaban J connectivity index is 1.54. The van der Waals surface area contributed by atoms with Gasteiger partial charge in [-0.05, 0) is 0 Å². The lowest BCUT2D eigenvalue weighted by molar-refractivity contribution is 0.579. The molecule has 0 saturated carbocycles. The average molecular weight is 478 g/mol. The van der Waals surface area contributed by atoms with Gasteiger partial charge in [0.05, 0.1) is 0 Å².